The summed E-state index contributed by atoms with van der Waals surface area (Å²) in [5.74, 6) is 1.31. The molecule has 0 bridgehead atoms. The van der Waals surface area contributed by atoms with Crippen LogP contribution in [-0.2, 0) is 0 Å². The van der Waals surface area contributed by atoms with E-state index in [1.807, 2.05) is 36.6 Å². The highest BCUT2D eigenvalue weighted by Gasteiger charge is 2.12. The Morgan fingerprint density at radius 3 is 2.92 bits per heavy atom. The highest BCUT2D eigenvalue weighted by Crippen LogP contribution is 2.28. The predicted molar refractivity (Wildman–Crippen MR) is 113 cm³/mol. The van der Waals surface area contributed by atoms with Crippen molar-refractivity contribution in [2.75, 3.05) is 13.2 Å². The minimum Gasteiger partial charge on any atom is -0.493 e. The highest BCUT2D eigenvalue weighted by atomic mass is 79.9. The topological polar surface area (TPSA) is 50.7 Å². The van der Waals surface area contributed by atoms with Crippen LogP contribution in [0.2, 0.25) is 0 Å². The third kappa shape index (κ3) is 6.25. The second kappa shape index (κ2) is 10.5. The molecule has 6 heteroatoms. The average molecular weight is 437 g/mol. The number of hydrogen-bond donors (Lipinski definition) is 1. The summed E-state index contributed by atoms with van der Waals surface area (Å²) in [5, 5.41) is 5.48. The van der Waals surface area contributed by atoms with Gasteiger partial charge in [-0.15, -0.1) is 11.3 Å². The Bertz CT molecular complexity index is 756. The van der Waals surface area contributed by atoms with Crippen LogP contribution < -0.4 is 10.1 Å². The smallest absolute Gasteiger partial charge is 0.254 e. The van der Waals surface area contributed by atoms with E-state index in [2.05, 4.69) is 40.1 Å². The zero-order valence-corrected chi connectivity index (χ0v) is 17.8. The summed E-state index contributed by atoms with van der Waals surface area (Å²) in [6.07, 6.45) is 3.67. The van der Waals surface area contributed by atoms with E-state index in [0.717, 1.165) is 28.6 Å². The number of thiophene rings is 1. The van der Waals surface area contributed by atoms with Crippen LogP contribution in [0.25, 0.3) is 0 Å². The van der Waals surface area contributed by atoms with E-state index in [1.54, 1.807) is 6.21 Å². The number of nitrogens with one attached hydrogen (secondary N) is 1. The van der Waals surface area contributed by atoms with Crippen molar-refractivity contribution >= 4 is 44.4 Å². The third-order valence-corrected chi connectivity index (χ3v) is 4.98. The number of halogens is 1. The lowest BCUT2D eigenvalue weighted by molar-refractivity contribution is 0.0955. The molecule has 1 amide bonds. The standard InChI is InChI=1S/C20H25BrN2O2S/c1-4-9-22-19(24)17-8-11-26-20(17)23-13-15-12-16(21)5-6-18(15)25-10-7-14(2)3/h5-6,8,11-14H,4,7,9-10H2,1-3H3,(H,22,24). The number of ether oxygens (including phenoxy) is 1. The summed E-state index contributed by atoms with van der Waals surface area (Å²) in [7, 11) is 0. The lowest BCUT2D eigenvalue weighted by atomic mass is 10.1. The molecule has 1 heterocycles. The SMILES string of the molecule is CCCNC(=O)c1ccsc1N=Cc1cc(Br)ccc1OCCC(C)C. The quantitative estimate of drug-likeness (QED) is 0.502. The summed E-state index contributed by atoms with van der Waals surface area (Å²) < 4.78 is 6.88. The lowest BCUT2D eigenvalue weighted by Gasteiger charge is -2.11. The molecule has 26 heavy (non-hydrogen) atoms. The van der Waals surface area contributed by atoms with Crippen molar-refractivity contribution in [2.45, 2.75) is 33.6 Å². The van der Waals surface area contributed by atoms with Crippen molar-refractivity contribution < 1.29 is 9.53 Å². The number of hydrogen-bond acceptors (Lipinski definition) is 4. The fraction of sp³-hybridized carbons (Fsp3) is 0.400. The van der Waals surface area contributed by atoms with Crippen molar-refractivity contribution in [3.05, 3.63) is 45.2 Å². The fourth-order valence-corrected chi connectivity index (χ4v) is 3.31. The first-order chi connectivity index (χ1) is 12.5. The van der Waals surface area contributed by atoms with Gasteiger partial charge in [-0.1, -0.05) is 36.7 Å². The van der Waals surface area contributed by atoms with Gasteiger partial charge < -0.3 is 10.1 Å². The van der Waals surface area contributed by atoms with E-state index in [4.69, 9.17) is 4.74 Å². The Hall–Kier alpha value is -1.66. The molecule has 0 spiro atoms. The monoisotopic (exact) mass is 436 g/mol. The van der Waals surface area contributed by atoms with Gasteiger partial charge in [0.05, 0.1) is 12.2 Å². The van der Waals surface area contributed by atoms with Gasteiger partial charge in [0.1, 0.15) is 10.8 Å². The largest absolute Gasteiger partial charge is 0.493 e. The molecule has 0 atom stereocenters. The van der Waals surface area contributed by atoms with Crippen LogP contribution in [0.1, 0.15) is 49.5 Å². The van der Waals surface area contributed by atoms with E-state index in [0.29, 0.717) is 29.6 Å². The zero-order chi connectivity index (χ0) is 18.9. The first-order valence-electron chi connectivity index (χ1n) is 8.83. The fourth-order valence-electron chi connectivity index (χ4n) is 2.19. The van der Waals surface area contributed by atoms with Gasteiger partial charge in [-0.05, 0) is 48.4 Å². The number of carbonyl (C=O) groups is 1. The van der Waals surface area contributed by atoms with Crippen LogP contribution >= 0.6 is 27.3 Å². The summed E-state index contributed by atoms with van der Waals surface area (Å²) >= 11 is 4.94. The summed E-state index contributed by atoms with van der Waals surface area (Å²) in [4.78, 5) is 16.8. The Kier molecular flexibility index (Phi) is 8.32. The first kappa shape index (κ1) is 20.6. The molecule has 1 aromatic heterocycles. The first-order valence-corrected chi connectivity index (χ1v) is 10.5. The molecule has 0 saturated heterocycles. The van der Waals surface area contributed by atoms with Gasteiger partial charge in [0.25, 0.3) is 5.91 Å². The average Bonchev–Trinajstić information content (AvgIpc) is 3.07. The molecule has 1 N–H and O–H groups in total. The number of aliphatic imine (C=N–C) groups is 1. The minimum absolute atomic E-state index is 0.0806. The Labute approximate surface area is 167 Å². The second-order valence-corrected chi connectivity index (χ2v) is 8.18. The van der Waals surface area contributed by atoms with Gasteiger partial charge in [0.2, 0.25) is 0 Å². The molecular formula is C20H25BrN2O2S. The molecule has 0 aliphatic heterocycles. The molecule has 0 saturated carbocycles. The van der Waals surface area contributed by atoms with Crippen molar-refractivity contribution in [1.82, 2.24) is 5.32 Å². The zero-order valence-electron chi connectivity index (χ0n) is 15.4. The maximum Gasteiger partial charge on any atom is 0.254 e. The van der Waals surface area contributed by atoms with Gasteiger partial charge in [0.15, 0.2) is 0 Å². The number of carbonyl (C=O) groups excluding carboxylic acids is 1. The summed E-state index contributed by atoms with van der Waals surface area (Å²) in [5.41, 5.74) is 1.49. The Morgan fingerprint density at radius 2 is 2.19 bits per heavy atom. The summed E-state index contributed by atoms with van der Waals surface area (Å²) in [6.45, 7) is 7.71. The van der Waals surface area contributed by atoms with E-state index in [9.17, 15) is 4.79 Å². The Balaban J connectivity index is 2.16. The van der Waals surface area contributed by atoms with E-state index >= 15 is 0 Å². The van der Waals surface area contributed by atoms with E-state index < -0.39 is 0 Å². The second-order valence-electron chi connectivity index (χ2n) is 6.37. The van der Waals surface area contributed by atoms with Gasteiger partial charge >= 0.3 is 0 Å². The van der Waals surface area contributed by atoms with Crippen molar-refractivity contribution in [2.24, 2.45) is 10.9 Å². The van der Waals surface area contributed by atoms with Gasteiger partial charge in [-0.2, -0.15) is 0 Å². The number of rotatable bonds is 9. The number of benzene rings is 1. The number of nitrogens with zero attached hydrogens (tertiary/aromatic N) is 1. The van der Waals surface area contributed by atoms with Crippen molar-refractivity contribution in [3.63, 3.8) is 0 Å². The predicted octanol–water partition coefficient (Wildman–Crippen LogP) is 5.83. The molecule has 0 aliphatic rings. The van der Waals surface area contributed by atoms with Crippen molar-refractivity contribution in [3.8, 4) is 5.75 Å². The molecule has 4 nitrogen and oxygen atoms in total. The van der Waals surface area contributed by atoms with Crippen LogP contribution in [0.5, 0.6) is 5.75 Å². The molecule has 0 fully saturated rings. The molecule has 0 radical (unpaired) electrons. The minimum atomic E-state index is -0.0806. The van der Waals surface area contributed by atoms with E-state index in [-0.39, 0.29) is 5.91 Å². The molecule has 0 unspecified atom stereocenters. The highest BCUT2D eigenvalue weighted by molar-refractivity contribution is 9.10. The number of amides is 1. The van der Waals surface area contributed by atoms with Crippen LogP contribution in [-0.4, -0.2) is 25.3 Å². The Morgan fingerprint density at radius 1 is 1.38 bits per heavy atom. The molecule has 2 aromatic rings. The maximum atomic E-state index is 12.2. The van der Waals surface area contributed by atoms with Crippen LogP contribution in [0.15, 0.2) is 39.1 Å². The third-order valence-electron chi connectivity index (χ3n) is 3.67. The molecule has 0 aliphatic carbocycles. The van der Waals surface area contributed by atoms with Crippen LogP contribution in [0.3, 0.4) is 0 Å². The van der Waals surface area contributed by atoms with E-state index in [1.165, 1.54) is 11.3 Å². The van der Waals surface area contributed by atoms with Crippen LogP contribution in [0.4, 0.5) is 5.00 Å². The lowest BCUT2D eigenvalue weighted by Crippen LogP contribution is -2.23. The van der Waals surface area contributed by atoms with Gasteiger partial charge in [-0.3, -0.25) is 4.79 Å². The van der Waals surface area contributed by atoms with Gasteiger partial charge in [-0.25, -0.2) is 4.99 Å². The molecule has 140 valence electrons. The van der Waals surface area contributed by atoms with Gasteiger partial charge in [0, 0.05) is 22.8 Å². The molecular weight excluding hydrogens is 412 g/mol. The maximum absolute atomic E-state index is 12.2. The van der Waals surface area contributed by atoms with Crippen molar-refractivity contribution in [1.29, 1.82) is 0 Å². The normalized spacial score (nSPS) is 11.3. The molecule has 2 rings (SSSR count). The summed E-state index contributed by atoms with van der Waals surface area (Å²) in [6, 6.07) is 7.67. The molecule has 1 aromatic carbocycles. The van der Waals surface area contributed by atoms with Crippen LogP contribution in [0, 0.1) is 5.92 Å².